The molecule has 0 spiro atoms. The molecule has 11 nitrogen and oxygen atoms in total. The van der Waals surface area contributed by atoms with Gasteiger partial charge in [0.25, 0.3) is 15.7 Å². The van der Waals surface area contributed by atoms with E-state index in [2.05, 4.69) is 5.32 Å². The predicted molar refractivity (Wildman–Crippen MR) is 150 cm³/mol. The van der Waals surface area contributed by atoms with E-state index in [4.69, 9.17) is 4.74 Å². The minimum absolute atomic E-state index is 0.0170. The largest absolute Gasteiger partial charge is 0.497 e. The van der Waals surface area contributed by atoms with Crippen LogP contribution in [-0.4, -0.2) is 55.8 Å². The number of amides is 2. The van der Waals surface area contributed by atoms with E-state index in [0.29, 0.717) is 11.3 Å². The zero-order valence-electron chi connectivity index (χ0n) is 22.7. The summed E-state index contributed by atoms with van der Waals surface area (Å²) in [5.41, 5.74) is 0.257. The second-order valence-electron chi connectivity index (χ2n) is 9.31. The molecule has 0 saturated heterocycles. The molecule has 40 heavy (non-hydrogen) atoms. The van der Waals surface area contributed by atoms with Gasteiger partial charge in [0.15, 0.2) is 0 Å². The normalized spacial score (nSPS) is 11.9. The molecular formula is C28H32N4O7S. The van der Waals surface area contributed by atoms with Gasteiger partial charge in [0, 0.05) is 24.7 Å². The van der Waals surface area contributed by atoms with Gasteiger partial charge in [-0.3, -0.25) is 24.0 Å². The molecule has 1 atom stereocenters. The van der Waals surface area contributed by atoms with Crippen molar-refractivity contribution in [3.8, 4) is 5.75 Å². The Balaban J connectivity index is 2.07. The summed E-state index contributed by atoms with van der Waals surface area (Å²) < 4.78 is 33.6. The average Bonchev–Trinajstić information content (AvgIpc) is 2.94. The molecule has 0 aliphatic rings. The minimum Gasteiger partial charge on any atom is -0.497 e. The molecule has 0 aliphatic carbocycles. The molecule has 3 aromatic carbocycles. The van der Waals surface area contributed by atoms with Gasteiger partial charge in [0.2, 0.25) is 11.8 Å². The fourth-order valence-corrected chi connectivity index (χ4v) is 5.39. The Morgan fingerprint density at radius 3 is 2.27 bits per heavy atom. The topological polar surface area (TPSA) is 139 Å². The summed E-state index contributed by atoms with van der Waals surface area (Å²) in [4.78, 5) is 38.8. The number of hydrogen-bond donors (Lipinski definition) is 1. The first-order valence-electron chi connectivity index (χ1n) is 12.5. The molecule has 212 valence electrons. The Morgan fingerprint density at radius 2 is 1.65 bits per heavy atom. The fourth-order valence-electron chi connectivity index (χ4n) is 3.97. The van der Waals surface area contributed by atoms with Crippen molar-refractivity contribution >= 4 is 33.2 Å². The molecule has 3 aromatic rings. The summed E-state index contributed by atoms with van der Waals surface area (Å²) in [5.74, 6) is -0.548. The lowest BCUT2D eigenvalue weighted by Gasteiger charge is -2.32. The third-order valence-electron chi connectivity index (χ3n) is 6.02. The highest BCUT2D eigenvalue weighted by molar-refractivity contribution is 7.92. The Labute approximate surface area is 233 Å². The molecule has 0 aliphatic heterocycles. The van der Waals surface area contributed by atoms with Gasteiger partial charge in [0.05, 0.1) is 22.6 Å². The maximum atomic E-state index is 13.9. The number of nitro benzene ring substituents is 1. The van der Waals surface area contributed by atoms with E-state index in [9.17, 15) is 28.1 Å². The second kappa shape index (κ2) is 13.1. The number of methoxy groups -OCH3 is 1. The van der Waals surface area contributed by atoms with Crippen molar-refractivity contribution in [1.82, 2.24) is 10.2 Å². The number of carbonyl (C=O) groups is 2. The first kappa shape index (κ1) is 30.1. The SMILES string of the molecule is COc1cccc(CN(C(=O)CN(c2cccc([N+](=O)[O-])c2)S(=O)(=O)c2ccccc2)[C@H](C)C(=O)NC(C)C)c1. The highest BCUT2D eigenvalue weighted by atomic mass is 32.2. The second-order valence-corrected chi connectivity index (χ2v) is 11.2. The smallest absolute Gasteiger partial charge is 0.271 e. The quantitative estimate of drug-likeness (QED) is 0.259. The maximum absolute atomic E-state index is 13.9. The zero-order chi connectivity index (χ0) is 29.4. The Bertz CT molecular complexity index is 1460. The monoisotopic (exact) mass is 568 g/mol. The van der Waals surface area contributed by atoms with Crippen LogP contribution < -0.4 is 14.4 Å². The molecule has 12 heteroatoms. The molecule has 0 radical (unpaired) electrons. The highest BCUT2D eigenvalue weighted by Crippen LogP contribution is 2.27. The average molecular weight is 569 g/mol. The number of benzene rings is 3. The van der Waals surface area contributed by atoms with E-state index in [1.807, 2.05) is 0 Å². The molecule has 3 rings (SSSR count). The van der Waals surface area contributed by atoms with Crippen molar-refractivity contribution in [1.29, 1.82) is 0 Å². The third kappa shape index (κ3) is 7.35. The number of anilines is 1. The van der Waals surface area contributed by atoms with Gasteiger partial charge in [-0.05, 0) is 56.7 Å². The highest BCUT2D eigenvalue weighted by Gasteiger charge is 2.33. The summed E-state index contributed by atoms with van der Waals surface area (Å²) in [6.07, 6.45) is 0. The number of nitrogens with one attached hydrogen (secondary N) is 1. The van der Waals surface area contributed by atoms with Gasteiger partial charge in [-0.25, -0.2) is 8.42 Å². The number of sulfonamides is 1. The number of nitrogens with zero attached hydrogens (tertiary/aromatic N) is 3. The fraction of sp³-hybridized carbons (Fsp3) is 0.286. The van der Waals surface area contributed by atoms with Crippen LogP contribution in [0.3, 0.4) is 0 Å². The van der Waals surface area contributed by atoms with Gasteiger partial charge < -0.3 is 15.0 Å². The van der Waals surface area contributed by atoms with Crippen molar-refractivity contribution in [2.24, 2.45) is 0 Å². The Hall–Kier alpha value is -4.45. The Kier molecular flexibility index (Phi) is 9.83. The van der Waals surface area contributed by atoms with Crippen LogP contribution in [-0.2, 0) is 26.2 Å². The lowest BCUT2D eigenvalue weighted by Crippen LogP contribution is -2.52. The number of non-ortho nitro benzene ring substituents is 1. The third-order valence-corrected chi connectivity index (χ3v) is 7.81. The van der Waals surface area contributed by atoms with E-state index in [-0.39, 0.29) is 28.9 Å². The van der Waals surface area contributed by atoms with Gasteiger partial charge >= 0.3 is 0 Å². The van der Waals surface area contributed by atoms with Crippen LogP contribution in [0.15, 0.2) is 83.8 Å². The lowest BCUT2D eigenvalue weighted by atomic mass is 10.1. The van der Waals surface area contributed by atoms with Crippen molar-refractivity contribution in [3.05, 3.63) is 94.5 Å². The Morgan fingerprint density at radius 1 is 0.975 bits per heavy atom. The van der Waals surface area contributed by atoms with E-state index in [0.717, 1.165) is 10.4 Å². The first-order chi connectivity index (χ1) is 18.9. The number of rotatable bonds is 12. The van der Waals surface area contributed by atoms with Crippen molar-refractivity contribution in [2.75, 3.05) is 18.0 Å². The van der Waals surface area contributed by atoms with Crippen LogP contribution in [0.2, 0.25) is 0 Å². The minimum atomic E-state index is -4.33. The molecule has 0 unspecified atom stereocenters. The van der Waals surface area contributed by atoms with E-state index in [1.54, 1.807) is 51.1 Å². The molecule has 0 saturated carbocycles. The van der Waals surface area contributed by atoms with E-state index in [1.165, 1.54) is 54.5 Å². The zero-order valence-corrected chi connectivity index (χ0v) is 23.5. The van der Waals surface area contributed by atoms with Crippen LogP contribution in [0.25, 0.3) is 0 Å². The molecule has 0 aromatic heterocycles. The maximum Gasteiger partial charge on any atom is 0.271 e. The van der Waals surface area contributed by atoms with Crippen LogP contribution in [0, 0.1) is 10.1 Å². The van der Waals surface area contributed by atoms with Gasteiger partial charge in [-0.1, -0.05) is 36.4 Å². The summed E-state index contributed by atoms with van der Waals surface area (Å²) >= 11 is 0. The van der Waals surface area contributed by atoms with Crippen molar-refractivity contribution in [3.63, 3.8) is 0 Å². The number of nitro groups is 1. The number of hydrogen-bond acceptors (Lipinski definition) is 7. The number of carbonyl (C=O) groups excluding carboxylic acids is 2. The lowest BCUT2D eigenvalue weighted by molar-refractivity contribution is -0.384. The van der Waals surface area contributed by atoms with E-state index >= 15 is 0 Å². The van der Waals surface area contributed by atoms with Crippen molar-refractivity contribution < 1.29 is 27.7 Å². The van der Waals surface area contributed by atoms with Crippen molar-refractivity contribution in [2.45, 2.75) is 44.3 Å². The van der Waals surface area contributed by atoms with Crippen LogP contribution in [0.1, 0.15) is 26.3 Å². The molecule has 1 N–H and O–H groups in total. The van der Waals surface area contributed by atoms with Crippen LogP contribution in [0.4, 0.5) is 11.4 Å². The van der Waals surface area contributed by atoms with Crippen LogP contribution in [0.5, 0.6) is 5.75 Å². The summed E-state index contributed by atoms with van der Waals surface area (Å²) in [5, 5.41) is 14.2. The summed E-state index contributed by atoms with van der Waals surface area (Å²) in [6.45, 7) is 4.41. The predicted octanol–water partition coefficient (Wildman–Crippen LogP) is 3.74. The molecule has 2 amide bonds. The molecule has 0 heterocycles. The molecule has 0 fully saturated rings. The van der Waals surface area contributed by atoms with E-state index < -0.39 is 39.3 Å². The standard InChI is InChI=1S/C28H32N4O7S/c1-20(2)29-28(34)21(3)30(18-22-10-8-13-25(16-22)39-4)27(33)19-31(23-11-9-12-24(17-23)32(35)36)40(37,38)26-14-6-5-7-15-26/h5-17,20-21H,18-19H2,1-4H3,(H,29,34)/t21-/m1/s1. The summed E-state index contributed by atoms with van der Waals surface area (Å²) in [6, 6.07) is 18.3. The molecule has 0 bridgehead atoms. The van der Waals surface area contributed by atoms with Gasteiger partial charge in [-0.2, -0.15) is 0 Å². The summed E-state index contributed by atoms with van der Waals surface area (Å²) in [7, 11) is -2.82. The number of ether oxygens (including phenoxy) is 1. The molecular weight excluding hydrogens is 536 g/mol. The van der Waals surface area contributed by atoms with Crippen LogP contribution >= 0.6 is 0 Å². The first-order valence-corrected chi connectivity index (χ1v) is 13.9. The van der Waals surface area contributed by atoms with Gasteiger partial charge in [0.1, 0.15) is 18.3 Å². The van der Waals surface area contributed by atoms with Gasteiger partial charge in [-0.15, -0.1) is 0 Å².